The molecule has 112 valence electrons. The predicted molar refractivity (Wildman–Crippen MR) is 74.3 cm³/mol. The van der Waals surface area contributed by atoms with E-state index in [1.807, 2.05) is 4.90 Å². The molecule has 2 aliphatic carbocycles. The summed E-state index contributed by atoms with van der Waals surface area (Å²) in [5.74, 6) is 0.559. The lowest BCUT2D eigenvalue weighted by atomic mass is 9.85. The minimum Gasteiger partial charge on any atom is -0.481 e. The zero-order chi connectivity index (χ0) is 14.3. The van der Waals surface area contributed by atoms with Crippen molar-refractivity contribution in [2.45, 2.75) is 51.5 Å². The van der Waals surface area contributed by atoms with Crippen LogP contribution in [0.4, 0.5) is 4.79 Å². The van der Waals surface area contributed by atoms with Gasteiger partial charge >= 0.3 is 12.0 Å². The van der Waals surface area contributed by atoms with Gasteiger partial charge in [0.1, 0.15) is 0 Å². The van der Waals surface area contributed by atoms with E-state index in [0.29, 0.717) is 18.3 Å². The van der Waals surface area contributed by atoms with Crippen molar-refractivity contribution in [2.24, 2.45) is 17.3 Å². The van der Waals surface area contributed by atoms with Gasteiger partial charge < -0.3 is 15.3 Å². The molecule has 1 aliphatic heterocycles. The van der Waals surface area contributed by atoms with Crippen LogP contribution in [-0.2, 0) is 4.79 Å². The Balaban J connectivity index is 1.60. The van der Waals surface area contributed by atoms with Gasteiger partial charge in [-0.15, -0.1) is 0 Å². The summed E-state index contributed by atoms with van der Waals surface area (Å²) in [7, 11) is 0. The standard InChI is InChI=1S/C15H24N2O3/c1-15(13(18)19)7-3-6-12(15)16-14(20)17-8-10-4-2-5-11(10)9-17/h10-12H,2-9H2,1H3,(H,16,20)(H,18,19). The molecule has 4 atom stereocenters. The van der Waals surface area contributed by atoms with Gasteiger partial charge in [-0.05, 0) is 44.4 Å². The van der Waals surface area contributed by atoms with E-state index < -0.39 is 11.4 Å². The minimum absolute atomic E-state index is 0.0567. The fourth-order valence-corrected chi connectivity index (χ4v) is 4.29. The Bertz CT molecular complexity index is 413. The third-order valence-corrected chi connectivity index (χ3v) is 5.76. The topological polar surface area (TPSA) is 69.6 Å². The molecule has 0 spiro atoms. The summed E-state index contributed by atoms with van der Waals surface area (Å²) < 4.78 is 0. The predicted octanol–water partition coefficient (Wildman–Crippen LogP) is 2.07. The van der Waals surface area contributed by atoms with Crippen LogP contribution in [0.3, 0.4) is 0 Å². The molecule has 2 amide bonds. The van der Waals surface area contributed by atoms with E-state index >= 15 is 0 Å². The fraction of sp³-hybridized carbons (Fsp3) is 0.867. The van der Waals surface area contributed by atoms with Crippen molar-refractivity contribution in [3.63, 3.8) is 0 Å². The van der Waals surface area contributed by atoms with Crippen molar-refractivity contribution in [3.8, 4) is 0 Å². The van der Waals surface area contributed by atoms with E-state index in [-0.39, 0.29) is 12.1 Å². The van der Waals surface area contributed by atoms with E-state index in [9.17, 15) is 14.7 Å². The van der Waals surface area contributed by atoms with Crippen LogP contribution in [-0.4, -0.2) is 41.1 Å². The summed E-state index contributed by atoms with van der Waals surface area (Å²) in [6.45, 7) is 3.46. The van der Waals surface area contributed by atoms with Crippen molar-refractivity contribution in [3.05, 3.63) is 0 Å². The first kappa shape index (κ1) is 13.7. The number of carboxylic acids is 1. The van der Waals surface area contributed by atoms with Crippen LogP contribution in [0.15, 0.2) is 0 Å². The van der Waals surface area contributed by atoms with Gasteiger partial charge in [0.15, 0.2) is 0 Å². The summed E-state index contributed by atoms with van der Waals surface area (Å²) in [5.41, 5.74) is -0.800. The summed E-state index contributed by atoms with van der Waals surface area (Å²) in [5, 5.41) is 12.4. The Hall–Kier alpha value is -1.26. The second-order valence-corrected chi connectivity index (χ2v) is 6.97. The van der Waals surface area contributed by atoms with E-state index in [1.54, 1.807) is 6.92 Å². The van der Waals surface area contributed by atoms with Crippen LogP contribution < -0.4 is 5.32 Å². The number of likely N-dealkylation sites (tertiary alicyclic amines) is 1. The number of aliphatic carboxylic acids is 1. The van der Waals surface area contributed by atoms with Gasteiger partial charge in [-0.2, -0.15) is 0 Å². The molecule has 2 saturated carbocycles. The van der Waals surface area contributed by atoms with E-state index in [0.717, 1.165) is 25.9 Å². The van der Waals surface area contributed by atoms with Crippen LogP contribution in [0.1, 0.15) is 45.4 Å². The lowest BCUT2D eigenvalue weighted by Crippen LogP contribution is -2.51. The van der Waals surface area contributed by atoms with Crippen molar-refractivity contribution < 1.29 is 14.7 Å². The molecular weight excluding hydrogens is 256 g/mol. The molecule has 3 rings (SSSR count). The molecule has 2 N–H and O–H groups in total. The molecule has 4 unspecified atom stereocenters. The zero-order valence-corrected chi connectivity index (χ0v) is 12.1. The Morgan fingerprint density at radius 1 is 1.15 bits per heavy atom. The van der Waals surface area contributed by atoms with Crippen molar-refractivity contribution in [1.29, 1.82) is 0 Å². The number of amides is 2. The normalized spacial score (nSPS) is 39.9. The molecule has 1 saturated heterocycles. The van der Waals surface area contributed by atoms with Gasteiger partial charge in [-0.1, -0.05) is 12.8 Å². The number of hydrogen-bond donors (Lipinski definition) is 2. The first-order valence-corrected chi connectivity index (χ1v) is 7.79. The average molecular weight is 280 g/mol. The van der Waals surface area contributed by atoms with Crippen LogP contribution >= 0.6 is 0 Å². The van der Waals surface area contributed by atoms with Crippen LogP contribution in [0.2, 0.25) is 0 Å². The van der Waals surface area contributed by atoms with Gasteiger partial charge in [0.2, 0.25) is 0 Å². The van der Waals surface area contributed by atoms with Crippen LogP contribution in [0, 0.1) is 17.3 Å². The highest BCUT2D eigenvalue weighted by Crippen LogP contribution is 2.40. The van der Waals surface area contributed by atoms with Gasteiger partial charge in [-0.25, -0.2) is 4.79 Å². The van der Waals surface area contributed by atoms with E-state index in [1.165, 1.54) is 19.3 Å². The molecule has 5 nitrogen and oxygen atoms in total. The highest BCUT2D eigenvalue weighted by Gasteiger charge is 2.47. The molecule has 3 fully saturated rings. The van der Waals surface area contributed by atoms with Crippen LogP contribution in [0.25, 0.3) is 0 Å². The Morgan fingerprint density at radius 2 is 1.80 bits per heavy atom. The molecule has 0 bridgehead atoms. The maximum atomic E-state index is 12.4. The molecule has 1 heterocycles. The fourth-order valence-electron chi connectivity index (χ4n) is 4.29. The number of rotatable bonds is 2. The molecule has 0 radical (unpaired) electrons. The molecule has 0 aromatic heterocycles. The lowest BCUT2D eigenvalue weighted by Gasteiger charge is -2.29. The number of fused-ring (bicyclic) bond motifs is 1. The quantitative estimate of drug-likeness (QED) is 0.813. The highest BCUT2D eigenvalue weighted by molar-refractivity contribution is 5.79. The van der Waals surface area contributed by atoms with Gasteiger partial charge in [0.05, 0.1) is 5.41 Å². The Morgan fingerprint density at radius 3 is 2.40 bits per heavy atom. The molecule has 20 heavy (non-hydrogen) atoms. The SMILES string of the molecule is CC1(C(=O)O)CCCC1NC(=O)N1CC2CCCC2C1. The second-order valence-electron chi connectivity index (χ2n) is 6.97. The zero-order valence-electron chi connectivity index (χ0n) is 12.1. The number of urea groups is 1. The minimum atomic E-state index is -0.800. The van der Waals surface area contributed by atoms with Gasteiger partial charge in [0.25, 0.3) is 0 Å². The van der Waals surface area contributed by atoms with Gasteiger partial charge in [-0.3, -0.25) is 4.79 Å². The molecule has 5 heteroatoms. The van der Waals surface area contributed by atoms with E-state index in [2.05, 4.69) is 5.32 Å². The Labute approximate surface area is 119 Å². The van der Waals surface area contributed by atoms with Crippen molar-refractivity contribution in [1.82, 2.24) is 10.2 Å². The maximum Gasteiger partial charge on any atom is 0.317 e. The number of carboxylic acid groups (broad SMARTS) is 1. The van der Waals surface area contributed by atoms with Crippen LogP contribution in [0.5, 0.6) is 0 Å². The summed E-state index contributed by atoms with van der Waals surface area (Å²) in [4.78, 5) is 25.7. The Kier molecular flexibility index (Phi) is 3.38. The molecule has 3 aliphatic rings. The maximum absolute atomic E-state index is 12.4. The highest BCUT2D eigenvalue weighted by atomic mass is 16.4. The number of nitrogens with zero attached hydrogens (tertiary/aromatic N) is 1. The molecule has 0 aromatic carbocycles. The largest absolute Gasteiger partial charge is 0.481 e. The molecular formula is C15H24N2O3. The summed E-state index contributed by atoms with van der Waals surface area (Å²) in [6, 6.07) is -0.285. The third kappa shape index (κ3) is 2.17. The monoisotopic (exact) mass is 280 g/mol. The summed E-state index contributed by atoms with van der Waals surface area (Å²) in [6.07, 6.45) is 6.08. The van der Waals surface area contributed by atoms with E-state index in [4.69, 9.17) is 0 Å². The number of nitrogens with one attached hydrogen (secondary N) is 1. The average Bonchev–Trinajstić information content (AvgIpc) is 3.04. The molecule has 0 aromatic rings. The number of hydrogen-bond acceptors (Lipinski definition) is 2. The third-order valence-electron chi connectivity index (χ3n) is 5.76. The second kappa shape index (κ2) is 4.93. The lowest BCUT2D eigenvalue weighted by molar-refractivity contribution is -0.148. The van der Waals surface area contributed by atoms with Crippen molar-refractivity contribution >= 4 is 12.0 Å². The first-order valence-electron chi connectivity index (χ1n) is 7.79. The van der Waals surface area contributed by atoms with Crippen molar-refractivity contribution in [2.75, 3.05) is 13.1 Å². The van der Waals surface area contributed by atoms with Gasteiger partial charge in [0, 0.05) is 19.1 Å². The first-order chi connectivity index (χ1) is 9.50. The number of carbonyl (C=O) groups is 2. The smallest absolute Gasteiger partial charge is 0.317 e. The number of carbonyl (C=O) groups excluding carboxylic acids is 1. The summed E-state index contributed by atoms with van der Waals surface area (Å²) >= 11 is 0.